The second-order valence-corrected chi connectivity index (χ2v) is 6.37. The zero-order valence-corrected chi connectivity index (χ0v) is 13.6. The molecule has 0 aromatic heterocycles. The maximum Gasteiger partial charge on any atom is 0.319 e. The highest BCUT2D eigenvalue weighted by atomic mass is 16.5. The number of anilines is 2. The van der Waals surface area contributed by atoms with Crippen molar-refractivity contribution in [2.45, 2.75) is 18.9 Å². The average Bonchev–Trinajstić information content (AvgIpc) is 3.45. The van der Waals surface area contributed by atoms with Gasteiger partial charge in [-0.05, 0) is 36.5 Å². The number of amides is 3. The van der Waals surface area contributed by atoms with Gasteiger partial charge in [-0.3, -0.25) is 4.79 Å². The molecule has 1 atom stereocenters. The third-order valence-electron chi connectivity index (χ3n) is 4.41. The fourth-order valence-corrected chi connectivity index (χ4v) is 3.02. The minimum absolute atomic E-state index is 0.0135. The Morgan fingerprint density at radius 3 is 2.72 bits per heavy atom. The average molecular weight is 337 g/mol. The van der Waals surface area contributed by atoms with Crippen LogP contribution in [0.2, 0.25) is 0 Å². The van der Waals surface area contributed by atoms with Gasteiger partial charge in [-0.25, -0.2) is 4.79 Å². The second kappa shape index (κ2) is 6.47. The largest absolute Gasteiger partial charge is 0.482 e. The number of fused-ring (bicyclic) bond motifs is 1. The molecule has 1 unspecified atom stereocenters. The minimum atomic E-state index is -0.249. The van der Waals surface area contributed by atoms with Gasteiger partial charge in [0.05, 0.1) is 11.7 Å². The summed E-state index contributed by atoms with van der Waals surface area (Å²) < 4.78 is 5.37. The molecule has 6 nitrogen and oxygen atoms in total. The van der Waals surface area contributed by atoms with Crippen LogP contribution in [-0.2, 0) is 4.79 Å². The molecule has 1 heterocycles. The third-order valence-corrected chi connectivity index (χ3v) is 4.41. The van der Waals surface area contributed by atoms with Crippen molar-refractivity contribution < 1.29 is 14.3 Å². The van der Waals surface area contributed by atoms with E-state index in [-0.39, 0.29) is 24.6 Å². The summed E-state index contributed by atoms with van der Waals surface area (Å²) in [5.41, 5.74) is 2.36. The predicted octanol–water partition coefficient (Wildman–Crippen LogP) is 3.29. The first-order valence-electron chi connectivity index (χ1n) is 8.38. The number of hydrogen-bond donors (Lipinski definition) is 3. The Labute approximate surface area is 145 Å². The van der Waals surface area contributed by atoms with E-state index in [9.17, 15) is 9.59 Å². The highest BCUT2D eigenvalue weighted by Gasteiger charge is 2.33. The highest BCUT2D eigenvalue weighted by molar-refractivity contribution is 5.96. The molecule has 2 aromatic rings. The Bertz CT molecular complexity index is 803. The van der Waals surface area contributed by atoms with Gasteiger partial charge in [0.15, 0.2) is 6.61 Å². The Morgan fingerprint density at radius 1 is 1.16 bits per heavy atom. The van der Waals surface area contributed by atoms with Gasteiger partial charge in [0.2, 0.25) is 0 Å². The molecule has 1 aliphatic carbocycles. The fourth-order valence-electron chi connectivity index (χ4n) is 3.02. The van der Waals surface area contributed by atoms with E-state index in [1.807, 2.05) is 30.3 Å². The monoisotopic (exact) mass is 337 g/mol. The van der Waals surface area contributed by atoms with E-state index < -0.39 is 0 Å². The SMILES string of the molecule is O=C1COc2cc(NC(=O)NC(c3ccccc3)C3CC3)ccc2N1. The van der Waals surface area contributed by atoms with E-state index >= 15 is 0 Å². The molecule has 2 aliphatic rings. The molecule has 1 fully saturated rings. The Balaban J connectivity index is 1.44. The van der Waals surface area contributed by atoms with Crippen LogP contribution in [0.4, 0.5) is 16.2 Å². The van der Waals surface area contributed by atoms with Gasteiger partial charge < -0.3 is 20.7 Å². The van der Waals surface area contributed by atoms with E-state index in [0.717, 1.165) is 18.4 Å². The number of carbonyl (C=O) groups excluding carboxylic acids is 2. The topological polar surface area (TPSA) is 79.5 Å². The summed E-state index contributed by atoms with van der Waals surface area (Å²) in [5, 5.41) is 8.64. The molecule has 1 saturated carbocycles. The quantitative estimate of drug-likeness (QED) is 0.801. The molecule has 3 amide bonds. The van der Waals surface area contributed by atoms with Gasteiger partial charge in [-0.15, -0.1) is 0 Å². The number of urea groups is 1. The van der Waals surface area contributed by atoms with Crippen molar-refractivity contribution >= 4 is 23.3 Å². The summed E-state index contributed by atoms with van der Waals surface area (Å²) in [6.45, 7) is -0.0135. The molecule has 4 rings (SSSR count). The maximum absolute atomic E-state index is 12.4. The van der Waals surface area contributed by atoms with Gasteiger partial charge in [-0.1, -0.05) is 30.3 Å². The van der Waals surface area contributed by atoms with E-state index in [1.165, 1.54) is 0 Å². The normalized spacial score (nSPS) is 16.9. The lowest BCUT2D eigenvalue weighted by Crippen LogP contribution is -2.33. The van der Waals surface area contributed by atoms with Gasteiger partial charge in [-0.2, -0.15) is 0 Å². The smallest absolute Gasteiger partial charge is 0.319 e. The highest BCUT2D eigenvalue weighted by Crippen LogP contribution is 2.41. The van der Waals surface area contributed by atoms with E-state index in [1.54, 1.807) is 18.2 Å². The predicted molar refractivity (Wildman–Crippen MR) is 94.6 cm³/mol. The van der Waals surface area contributed by atoms with Crippen LogP contribution in [0.3, 0.4) is 0 Å². The Morgan fingerprint density at radius 2 is 1.96 bits per heavy atom. The van der Waals surface area contributed by atoms with Gasteiger partial charge in [0, 0.05) is 11.8 Å². The summed E-state index contributed by atoms with van der Waals surface area (Å²) >= 11 is 0. The molecule has 0 saturated heterocycles. The van der Waals surface area contributed by atoms with E-state index in [2.05, 4.69) is 16.0 Å². The number of hydrogen-bond acceptors (Lipinski definition) is 3. The van der Waals surface area contributed by atoms with Gasteiger partial charge in [0.1, 0.15) is 5.75 Å². The standard InChI is InChI=1S/C19H19N3O3/c23-17-11-25-16-10-14(8-9-15(16)21-17)20-19(24)22-18(13-6-7-13)12-4-2-1-3-5-12/h1-5,8-10,13,18H,6-7,11H2,(H,21,23)(H2,20,22,24). The summed E-state index contributed by atoms with van der Waals surface area (Å²) in [5.74, 6) is 0.871. The molecule has 0 radical (unpaired) electrons. The van der Waals surface area contributed by atoms with Crippen LogP contribution >= 0.6 is 0 Å². The van der Waals surface area contributed by atoms with E-state index in [0.29, 0.717) is 23.0 Å². The molecule has 0 spiro atoms. The summed E-state index contributed by atoms with van der Waals surface area (Å²) in [4.78, 5) is 23.7. The zero-order valence-electron chi connectivity index (χ0n) is 13.6. The molecule has 1 aliphatic heterocycles. The zero-order chi connectivity index (χ0) is 17.2. The van der Waals surface area contributed by atoms with Crippen molar-refractivity contribution in [3.05, 3.63) is 54.1 Å². The summed E-state index contributed by atoms with van der Waals surface area (Å²) in [7, 11) is 0. The molecule has 2 aromatic carbocycles. The fraction of sp³-hybridized carbons (Fsp3) is 0.263. The number of carbonyl (C=O) groups is 2. The third kappa shape index (κ3) is 3.57. The minimum Gasteiger partial charge on any atom is -0.482 e. The van der Waals surface area contributed by atoms with Crippen molar-refractivity contribution in [1.29, 1.82) is 0 Å². The van der Waals surface area contributed by atoms with Crippen LogP contribution in [0.15, 0.2) is 48.5 Å². The van der Waals surface area contributed by atoms with Crippen molar-refractivity contribution in [3.63, 3.8) is 0 Å². The summed E-state index contributed by atoms with van der Waals surface area (Å²) in [6, 6.07) is 15.0. The molecular weight excluding hydrogens is 318 g/mol. The Hall–Kier alpha value is -3.02. The van der Waals surface area contributed by atoms with Crippen LogP contribution < -0.4 is 20.7 Å². The lowest BCUT2D eigenvalue weighted by molar-refractivity contribution is -0.118. The number of rotatable bonds is 4. The lowest BCUT2D eigenvalue weighted by Gasteiger charge is -2.21. The Kier molecular flexibility index (Phi) is 4.01. The van der Waals surface area contributed by atoms with Crippen LogP contribution in [-0.4, -0.2) is 18.5 Å². The molecule has 6 heteroatoms. The molecule has 3 N–H and O–H groups in total. The van der Waals surface area contributed by atoms with Crippen LogP contribution in [0.1, 0.15) is 24.4 Å². The molecular formula is C19H19N3O3. The van der Waals surface area contributed by atoms with Crippen molar-refractivity contribution in [3.8, 4) is 5.75 Å². The first-order chi connectivity index (χ1) is 12.2. The molecule has 0 bridgehead atoms. The number of ether oxygens (including phenoxy) is 1. The van der Waals surface area contributed by atoms with Crippen molar-refractivity contribution in [2.75, 3.05) is 17.2 Å². The van der Waals surface area contributed by atoms with Crippen LogP contribution in [0, 0.1) is 5.92 Å². The first-order valence-corrected chi connectivity index (χ1v) is 8.38. The van der Waals surface area contributed by atoms with Gasteiger partial charge in [0.25, 0.3) is 5.91 Å². The van der Waals surface area contributed by atoms with Crippen LogP contribution in [0.5, 0.6) is 5.75 Å². The van der Waals surface area contributed by atoms with Crippen molar-refractivity contribution in [1.82, 2.24) is 5.32 Å². The molecule has 25 heavy (non-hydrogen) atoms. The number of nitrogens with one attached hydrogen (secondary N) is 3. The van der Waals surface area contributed by atoms with Gasteiger partial charge >= 0.3 is 6.03 Å². The summed E-state index contributed by atoms with van der Waals surface area (Å²) in [6.07, 6.45) is 2.26. The van der Waals surface area contributed by atoms with Crippen molar-refractivity contribution in [2.24, 2.45) is 5.92 Å². The first kappa shape index (κ1) is 15.5. The van der Waals surface area contributed by atoms with E-state index in [4.69, 9.17) is 4.74 Å². The van der Waals surface area contributed by atoms with Crippen LogP contribution in [0.25, 0.3) is 0 Å². The maximum atomic E-state index is 12.4. The lowest BCUT2D eigenvalue weighted by atomic mass is 10.0. The molecule has 128 valence electrons. The second-order valence-electron chi connectivity index (χ2n) is 6.37. The number of benzene rings is 2.